The fourth-order valence-corrected chi connectivity index (χ4v) is 4.24. The van der Waals surface area contributed by atoms with Crippen molar-refractivity contribution in [2.24, 2.45) is 11.8 Å². The molecule has 0 aromatic heterocycles. The minimum Gasteiger partial charge on any atom is -0.465 e. The number of hydrogen-bond donors (Lipinski definition) is 4. The van der Waals surface area contributed by atoms with E-state index in [-0.39, 0.29) is 11.8 Å². The van der Waals surface area contributed by atoms with Crippen LogP contribution >= 0.6 is 0 Å². The van der Waals surface area contributed by atoms with Gasteiger partial charge in [-0.1, -0.05) is 38.5 Å². The predicted molar refractivity (Wildman–Crippen MR) is 78.2 cm³/mol. The van der Waals surface area contributed by atoms with Crippen molar-refractivity contribution < 1.29 is 19.8 Å². The van der Waals surface area contributed by atoms with Gasteiger partial charge in [-0.2, -0.15) is 0 Å². The van der Waals surface area contributed by atoms with E-state index < -0.39 is 17.8 Å². The molecule has 0 unspecified atom stereocenters. The number of hydrogen-bond acceptors (Lipinski definition) is 2. The maximum Gasteiger partial charge on any atom is 0.406 e. The van der Waals surface area contributed by atoms with Gasteiger partial charge in [0, 0.05) is 11.8 Å². The lowest BCUT2D eigenvalue weighted by atomic mass is 9.69. The maximum atomic E-state index is 11.3. The Kier molecular flexibility index (Phi) is 5.31. The Morgan fingerprint density at radius 2 is 1.05 bits per heavy atom. The van der Waals surface area contributed by atoms with Gasteiger partial charge < -0.3 is 10.2 Å². The van der Waals surface area contributed by atoms with Crippen molar-refractivity contribution in [3.63, 3.8) is 0 Å². The summed E-state index contributed by atoms with van der Waals surface area (Å²) in [6.45, 7) is 0. The van der Waals surface area contributed by atoms with Crippen LogP contribution in [0.4, 0.5) is 9.59 Å². The lowest BCUT2D eigenvalue weighted by Gasteiger charge is -2.48. The summed E-state index contributed by atoms with van der Waals surface area (Å²) in [7, 11) is 0. The molecule has 0 atom stereocenters. The third-order valence-corrected chi connectivity index (χ3v) is 5.13. The van der Waals surface area contributed by atoms with Crippen molar-refractivity contribution >= 4 is 12.2 Å². The summed E-state index contributed by atoms with van der Waals surface area (Å²) < 4.78 is 0. The summed E-state index contributed by atoms with van der Waals surface area (Å²) in [4.78, 5) is 22.7. The second kappa shape index (κ2) is 7.00. The van der Waals surface area contributed by atoms with E-state index >= 15 is 0 Å². The van der Waals surface area contributed by atoms with Crippen molar-refractivity contribution in [2.45, 2.75) is 69.9 Å². The van der Waals surface area contributed by atoms with E-state index in [1.165, 1.54) is 0 Å². The molecule has 2 aliphatic rings. The first-order chi connectivity index (χ1) is 10.0. The van der Waals surface area contributed by atoms with Gasteiger partial charge in [0.15, 0.2) is 0 Å². The van der Waals surface area contributed by atoms with Crippen molar-refractivity contribution in [2.75, 3.05) is 0 Å². The molecule has 2 rings (SSSR count). The summed E-state index contributed by atoms with van der Waals surface area (Å²) in [5, 5.41) is 23.7. The van der Waals surface area contributed by atoms with Crippen molar-refractivity contribution in [1.29, 1.82) is 0 Å². The van der Waals surface area contributed by atoms with Crippen molar-refractivity contribution in [3.05, 3.63) is 0 Å². The van der Waals surface area contributed by atoms with Crippen LogP contribution in [-0.4, -0.2) is 28.1 Å². The summed E-state index contributed by atoms with van der Waals surface area (Å²) in [6.07, 6.45) is 7.74. The van der Waals surface area contributed by atoms with Crippen LogP contribution in [0.3, 0.4) is 0 Å². The Balaban J connectivity index is 2.29. The monoisotopic (exact) mass is 298 g/mol. The van der Waals surface area contributed by atoms with E-state index in [0.717, 1.165) is 64.2 Å². The Hall–Kier alpha value is -1.46. The van der Waals surface area contributed by atoms with Gasteiger partial charge >= 0.3 is 12.2 Å². The first kappa shape index (κ1) is 15.9. The summed E-state index contributed by atoms with van der Waals surface area (Å²) in [5.74, 6) is 0.114. The minimum atomic E-state index is -1.14. The fraction of sp³-hybridized carbons (Fsp3) is 0.867. The van der Waals surface area contributed by atoms with Crippen molar-refractivity contribution in [1.82, 2.24) is 10.6 Å². The molecule has 2 saturated carbocycles. The van der Waals surface area contributed by atoms with E-state index in [2.05, 4.69) is 10.6 Å². The second-order valence-corrected chi connectivity index (χ2v) is 6.40. The SMILES string of the molecule is O=C(O)NC(NC(=O)O)(C1CCCCC1)C1CCCCC1. The quantitative estimate of drug-likeness (QED) is 0.598. The van der Waals surface area contributed by atoms with Gasteiger partial charge in [0.1, 0.15) is 5.66 Å². The highest BCUT2D eigenvalue weighted by molar-refractivity contribution is 5.70. The zero-order chi connectivity index (χ0) is 15.3. The predicted octanol–water partition coefficient (Wildman–Crippen LogP) is 3.38. The first-order valence-corrected chi connectivity index (χ1v) is 8.07. The standard InChI is InChI=1S/C15H26N2O4/c18-13(19)16-15(17-14(20)21,11-7-3-1-4-8-11)12-9-5-2-6-10-12/h11-12,16-17H,1-10H2,(H,18,19)(H,20,21). The van der Waals surface area contributed by atoms with Crippen LogP contribution < -0.4 is 10.6 Å². The van der Waals surface area contributed by atoms with Crippen LogP contribution in [0.25, 0.3) is 0 Å². The van der Waals surface area contributed by atoms with Crippen molar-refractivity contribution in [3.8, 4) is 0 Å². The van der Waals surface area contributed by atoms with Crippen LogP contribution in [0, 0.1) is 11.8 Å². The van der Waals surface area contributed by atoms with E-state index in [1.807, 2.05) is 0 Å². The lowest BCUT2D eigenvalue weighted by Crippen LogP contribution is -2.69. The molecule has 0 radical (unpaired) electrons. The topological polar surface area (TPSA) is 98.7 Å². The van der Waals surface area contributed by atoms with Crippen LogP contribution in [0.1, 0.15) is 64.2 Å². The van der Waals surface area contributed by atoms with Gasteiger partial charge in [0.05, 0.1) is 0 Å². The zero-order valence-electron chi connectivity index (χ0n) is 12.4. The zero-order valence-corrected chi connectivity index (χ0v) is 12.4. The number of carboxylic acid groups (broad SMARTS) is 2. The van der Waals surface area contributed by atoms with Gasteiger partial charge in [0.25, 0.3) is 0 Å². The molecule has 21 heavy (non-hydrogen) atoms. The third kappa shape index (κ3) is 3.80. The van der Waals surface area contributed by atoms with E-state index in [4.69, 9.17) is 0 Å². The maximum absolute atomic E-state index is 11.3. The third-order valence-electron chi connectivity index (χ3n) is 5.13. The van der Waals surface area contributed by atoms with E-state index in [0.29, 0.717) is 0 Å². The molecule has 0 heterocycles. The summed E-state index contributed by atoms with van der Waals surface area (Å²) >= 11 is 0. The number of amides is 2. The average molecular weight is 298 g/mol. The van der Waals surface area contributed by atoms with E-state index in [1.54, 1.807) is 0 Å². The van der Waals surface area contributed by atoms with Gasteiger partial charge in [-0.25, -0.2) is 9.59 Å². The molecule has 0 aliphatic heterocycles. The molecule has 2 amide bonds. The smallest absolute Gasteiger partial charge is 0.406 e. The molecule has 4 N–H and O–H groups in total. The van der Waals surface area contributed by atoms with E-state index in [9.17, 15) is 19.8 Å². The lowest BCUT2D eigenvalue weighted by molar-refractivity contribution is 0.0394. The van der Waals surface area contributed by atoms with Crippen LogP contribution in [0.2, 0.25) is 0 Å². The van der Waals surface area contributed by atoms with Gasteiger partial charge in [-0.3, -0.25) is 10.6 Å². The highest BCUT2D eigenvalue weighted by atomic mass is 16.4. The molecule has 0 saturated heterocycles. The molecule has 0 bridgehead atoms. The Labute approximate surface area is 125 Å². The Morgan fingerprint density at radius 3 is 1.33 bits per heavy atom. The van der Waals surface area contributed by atoms with Crippen LogP contribution in [0.15, 0.2) is 0 Å². The van der Waals surface area contributed by atoms with Crippen LogP contribution in [0.5, 0.6) is 0 Å². The Morgan fingerprint density at radius 1 is 0.714 bits per heavy atom. The normalized spacial score (nSPS) is 21.7. The molecule has 0 aromatic rings. The molecule has 6 heteroatoms. The van der Waals surface area contributed by atoms with Gasteiger partial charge in [-0.05, 0) is 25.7 Å². The first-order valence-electron chi connectivity index (χ1n) is 8.07. The molecule has 0 aromatic carbocycles. The molecule has 2 fully saturated rings. The minimum absolute atomic E-state index is 0.0570. The largest absolute Gasteiger partial charge is 0.465 e. The molecule has 2 aliphatic carbocycles. The number of carbonyl (C=O) groups is 2. The molecule has 0 spiro atoms. The summed E-state index contributed by atoms with van der Waals surface area (Å²) in [6, 6.07) is 0. The van der Waals surface area contributed by atoms with Gasteiger partial charge in [0.2, 0.25) is 0 Å². The molecular weight excluding hydrogens is 272 g/mol. The average Bonchev–Trinajstić information content (AvgIpc) is 2.47. The molecular formula is C15H26N2O4. The molecule has 120 valence electrons. The fourth-order valence-electron chi connectivity index (χ4n) is 4.24. The van der Waals surface area contributed by atoms with Crippen LogP contribution in [-0.2, 0) is 0 Å². The Bertz CT molecular complexity index is 338. The molecule has 6 nitrogen and oxygen atoms in total. The summed E-state index contributed by atoms with van der Waals surface area (Å²) in [5.41, 5.74) is -1.02. The van der Waals surface area contributed by atoms with Gasteiger partial charge in [-0.15, -0.1) is 0 Å². The number of rotatable bonds is 4. The second-order valence-electron chi connectivity index (χ2n) is 6.40. The highest BCUT2D eigenvalue weighted by Gasteiger charge is 2.48. The number of nitrogens with one attached hydrogen (secondary N) is 2. The highest BCUT2D eigenvalue weighted by Crippen LogP contribution is 2.41.